The van der Waals surface area contributed by atoms with Crippen molar-refractivity contribution in [1.82, 2.24) is 30.3 Å². The minimum atomic E-state index is -4.74. The lowest BCUT2D eigenvalue weighted by Gasteiger charge is -2.36. The van der Waals surface area contributed by atoms with E-state index >= 15 is 0 Å². The molecule has 3 aromatic rings. The number of aromatic nitrogens is 3. The Morgan fingerprint density at radius 2 is 2.00 bits per heavy atom. The molecular formula is C25H27F3N6O2. The number of methoxy groups -OCH3 is 1. The number of hydrazine groups is 1. The lowest BCUT2D eigenvalue weighted by molar-refractivity contribution is -0.275. The number of fused-ring (bicyclic) bond motifs is 1. The van der Waals surface area contributed by atoms with Gasteiger partial charge in [-0.2, -0.15) is 0 Å². The third kappa shape index (κ3) is 5.23. The van der Waals surface area contributed by atoms with Crippen LogP contribution in [0.5, 0.6) is 11.6 Å². The second kappa shape index (κ2) is 9.92. The summed E-state index contributed by atoms with van der Waals surface area (Å²) in [4.78, 5) is 8.83. The molecule has 2 fully saturated rings. The van der Waals surface area contributed by atoms with Gasteiger partial charge in [0.05, 0.1) is 37.2 Å². The maximum atomic E-state index is 13.0. The number of nitrogens with zero attached hydrogens (tertiary/aromatic N) is 4. The number of para-hydroxylation sites is 1. The molecule has 2 aliphatic heterocycles. The molecule has 36 heavy (non-hydrogen) atoms. The molecule has 0 radical (unpaired) electrons. The smallest absolute Gasteiger partial charge is 0.479 e. The molecule has 8 nitrogen and oxygen atoms in total. The van der Waals surface area contributed by atoms with Crippen molar-refractivity contribution in [2.24, 2.45) is 0 Å². The molecule has 2 aromatic heterocycles. The number of benzene rings is 1. The summed E-state index contributed by atoms with van der Waals surface area (Å²) in [5.74, 6) is 0.155. The van der Waals surface area contributed by atoms with Crippen LogP contribution < -0.4 is 20.2 Å². The molecule has 5 rings (SSSR count). The van der Waals surface area contributed by atoms with Gasteiger partial charge in [0, 0.05) is 24.2 Å². The predicted molar refractivity (Wildman–Crippen MR) is 127 cm³/mol. The highest BCUT2D eigenvalue weighted by Crippen LogP contribution is 2.39. The van der Waals surface area contributed by atoms with E-state index in [0.717, 1.165) is 30.8 Å². The van der Waals surface area contributed by atoms with Gasteiger partial charge in [0.2, 0.25) is 5.88 Å². The molecule has 4 heterocycles. The fraction of sp³-hybridized carbons (Fsp3) is 0.360. The topological polar surface area (TPSA) is 76.5 Å². The SMILES string of the molecule is COc1nc(/C=C/C2NC3[C@H](c4ccccc4OC(F)(F)F)CCCN3N2)ccc1-n1cnc(C)c1. The first-order valence-electron chi connectivity index (χ1n) is 11.7. The number of halogens is 3. The average Bonchev–Trinajstić information content (AvgIpc) is 3.47. The van der Waals surface area contributed by atoms with Crippen LogP contribution in [0.25, 0.3) is 11.8 Å². The van der Waals surface area contributed by atoms with E-state index in [1.165, 1.54) is 6.07 Å². The number of rotatable bonds is 6. The van der Waals surface area contributed by atoms with Crippen LogP contribution in [-0.2, 0) is 0 Å². The van der Waals surface area contributed by atoms with Gasteiger partial charge in [0.15, 0.2) is 0 Å². The molecule has 1 aromatic carbocycles. The van der Waals surface area contributed by atoms with Crippen molar-refractivity contribution in [3.05, 3.63) is 71.9 Å². The van der Waals surface area contributed by atoms with E-state index in [0.29, 0.717) is 17.1 Å². The van der Waals surface area contributed by atoms with E-state index in [1.54, 1.807) is 31.6 Å². The zero-order chi connectivity index (χ0) is 25.3. The molecule has 2 saturated heterocycles. The number of pyridine rings is 1. The second-order valence-electron chi connectivity index (χ2n) is 8.79. The van der Waals surface area contributed by atoms with Crippen molar-refractivity contribution in [3.63, 3.8) is 0 Å². The van der Waals surface area contributed by atoms with Gasteiger partial charge in [-0.3, -0.25) is 5.32 Å². The molecule has 0 aliphatic carbocycles. The highest BCUT2D eigenvalue weighted by atomic mass is 19.4. The van der Waals surface area contributed by atoms with Crippen LogP contribution in [0.1, 0.15) is 35.7 Å². The number of aryl methyl sites for hydroxylation is 1. The van der Waals surface area contributed by atoms with Crippen molar-refractivity contribution in [3.8, 4) is 17.3 Å². The molecule has 0 saturated carbocycles. The Labute approximate surface area is 206 Å². The van der Waals surface area contributed by atoms with Crippen LogP contribution in [0.4, 0.5) is 13.2 Å². The fourth-order valence-corrected chi connectivity index (χ4v) is 4.81. The number of imidazole rings is 1. The number of alkyl halides is 3. The van der Waals surface area contributed by atoms with Gasteiger partial charge in [0.1, 0.15) is 11.4 Å². The molecular weight excluding hydrogens is 473 g/mol. The molecule has 2 aliphatic rings. The summed E-state index contributed by atoms with van der Waals surface area (Å²) >= 11 is 0. The monoisotopic (exact) mass is 500 g/mol. The maximum absolute atomic E-state index is 13.0. The molecule has 0 bridgehead atoms. The van der Waals surface area contributed by atoms with E-state index in [2.05, 4.69) is 25.4 Å². The van der Waals surface area contributed by atoms with Gasteiger partial charge in [-0.25, -0.2) is 20.4 Å². The van der Waals surface area contributed by atoms with Crippen molar-refractivity contribution in [2.45, 2.75) is 44.4 Å². The summed E-state index contributed by atoms with van der Waals surface area (Å²) in [6, 6.07) is 10.2. The molecule has 2 unspecified atom stereocenters. The van der Waals surface area contributed by atoms with Gasteiger partial charge in [-0.05, 0) is 50.1 Å². The van der Waals surface area contributed by atoms with Crippen LogP contribution in [0.15, 0.2) is 55.0 Å². The van der Waals surface area contributed by atoms with Crippen molar-refractivity contribution in [1.29, 1.82) is 0 Å². The van der Waals surface area contributed by atoms with E-state index in [-0.39, 0.29) is 24.0 Å². The largest absolute Gasteiger partial charge is 0.573 e. The van der Waals surface area contributed by atoms with Crippen LogP contribution >= 0.6 is 0 Å². The van der Waals surface area contributed by atoms with Crippen molar-refractivity contribution >= 4 is 6.08 Å². The van der Waals surface area contributed by atoms with Gasteiger partial charge in [-0.15, -0.1) is 13.2 Å². The first kappa shape index (κ1) is 24.3. The van der Waals surface area contributed by atoms with Crippen molar-refractivity contribution < 1.29 is 22.6 Å². The van der Waals surface area contributed by atoms with E-state index < -0.39 is 6.36 Å². The summed E-state index contributed by atoms with van der Waals surface area (Å²) in [7, 11) is 1.57. The van der Waals surface area contributed by atoms with Crippen LogP contribution in [0.2, 0.25) is 0 Å². The Hall–Kier alpha value is -3.41. The number of nitrogens with one attached hydrogen (secondary N) is 2. The normalized spacial score (nSPS) is 22.6. The van der Waals surface area contributed by atoms with Gasteiger partial charge >= 0.3 is 6.36 Å². The second-order valence-corrected chi connectivity index (χ2v) is 8.79. The van der Waals surface area contributed by atoms with E-state index in [1.807, 2.05) is 47.0 Å². The average molecular weight is 501 g/mol. The first-order valence-corrected chi connectivity index (χ1v) is 11.7. The molecule has 11 heteroatoms. The lowest BCUT2D eigenvalue weighted by atomic mass is 9.87. The Morgan fingerprint density at radius 3 is 2.75 bits per heavy atom. The summed E-state index contributed by atoms with van der Waals surface area (Å²) in [5.41, 5.74) is 6.33. The Balaban J connectivity index is 1.32. The zero-order valence-electron chi connectivity index (χ0n) is 19.9. The molecule has 3 atom stereocenters. The number of ether oxygens (including phenoxy) is 2. The zero-order valence-corrected chi connectivity index (χ0v) is 19.9. The predicted octanol–water partition coefficient (Wildman–Crippen LogP) is 4.14. The maximum Gasteiger partial charge on any atom is 0.573 e. The molecule has 0 amide bonds. The summed E-state index contributed by atoms with van der Waals surface area (Å²) in [6.07, 6.45) is 3.89. The Kier molecular flexibility index (Phi) is 6.69. The van der Waals surface area contributed by atoms with Gasteiger partial charge in [-0.1, -0.05) is 18.2 Å². The quantitative estimate of drug-likeness (QED) is 0.527. The molecule has 2 N–H and O–H groups in total. The van der Waals surface area contributed by atoms with Gasteiger partial charge < -0.3 is 14.0 Å². The fourth-order valence-electron chi connectivity index (χ4n) is 4.81. The van der Waals surface area contributed by atoms with E-state index in [9.17, 15) is 13.2 Å². The number of piperidine rings is 1. The summed E-state index contributed by atoms with van der Waals surface area (Å²) in [5, 5.41) is 5.54. The standard InChI is InChI=1S/C25H27F3N6O2/c1-16-14-33(15-29-16)20-11-9-17(30-24(20)35-2)10-12-22-31-23-19(7-5-13-34(23)32-22)18-6-3-4-8-21(18)36-25(26,27)28/h3-4,6,8-12,14-15,19,22-23,31-32H,5,7,13H2,1-2H3/b12-10+/t19-,22?,23?/m0/s1. The van der Waals surface area contributed by atoms with Crippen LogP contribution in [-0.4, -0.2) is 51.9 Å². The minimum Gasteiger partial charge on any atom is -0.479 e. The minimum absolute atomic E-state index is 0.151. The third-order valence-corrected chi connectivity index (χ3v) is 6.33. The summed E-state index contributed by atoms with van der Waals surface area (Å²) < 4.78 is 50.6. The first-order chi connectivity index (χ1) is 17.3. The van der Waals surface area contributed by atoms with Crippen LogP contribution in [0, 0.1) is 6.92 Å². The molecule has 190 valence electrons. The Morgan fingerprint density at radius 1 is 1.17 bits per heavy atom. The lowest BCUT2D eigenvalue weighted by Crippen LogP contribution is -2.47. The third-order valence-electron chi connectivity index (χ3n) is 6.33. The highest BCUT2D eigenvalue weighted by Gasteiger charge is 2.41. The van der Waals surface area contributed by atoms with Crippen LogP contribution in [0.3, 0.4) is 0 Å². The van der Waals surface area contributed by atoms with Crippen molar-refractivity contribution in [2.75, 3.05) is 13.7 Å². The number of hydrogen-bond acceptors (Lipinski definition) is 7. The number of hydrogen-bond donors (Lipinski definition) is 2. The van der Waals surface area contributed by atoms with E-state index in [4.69, 9.17) is 4.74 Å². The molecule has 0 spiro atoms. The Bertz CT molecular complexity index is 1240. The highest BCUT2D eigenvalue weighted by molar-refractivity contribution is 5.52. The summed E-state index contributed by atoms with van der Waals surface area (Å²) in [6.45, 7) is 2.70. The van der Waals surface area contributed by atoms with Gasteiger partial charge in [0.25, 0.3) is 0 Å².